The van der Waals surface area contributed by atoms with Gasteiger partial charge in [-0.3, -0.25) is 0 Å². The van der Waals surface area contributed by atoms with Crippen LogP contribution in [0.25, 0.3) is 21.8 Å². The number of aromatic carboxylic acids is 1. The molecule has 2 aromatic carbocycles. The van der Waals surface area contributed by atoms with Crippen molar-refractivity contribution in [3.63, 3.8) is 0 Å². The van der Waals surface area contributed by atoms with Crippen LogP contribution in [0.15, 0.2) is 36.4 Å². The minimum atomic E-state index is -0.964. The predicted molar refractivity (Wildman–Crippen MR) is 83.2 cm³/mol. The summed E-state index contributed by atoms with van der Waals surface area (Å²) in [6.07, 6.45) is 0. The number of rotatable bonds is 4. The van der Waals surface area contributed by atoms with E-state index in [1.165, 1.54) is 0 Å². The summed E-state index contributed by atoms with van der Waals surface area (Å²) in [7, 11) is 0. The number of nitrogens with zero attached hydrogens (tertiary/aromatic N) is 1. The van der Waals surface area contributed by atoms with Crippen molar-refractivity contribution in [3.05, 3.63) is 42.0 Å². The standard InChI is InChI=1S/C17H17NO3/c1-3-18-13-8-6-5-7-11(13)15-14(18)10-9-12(17(19)20)16(15)21-4-2/h5-10H,3-4H2,1-2H3,(H,19,20). The average Bonchev–Trinajstić information content (AvgIpc) is 2.81. The summed E-state index contributed by atoms with van der Waals surface area (Å²) in [5.41, 5.74) is 2.31. The van der Waals surface area contributed by atoms with Gasteiger partial charge in [0.15, 0.2) is 0 Å². The number of carboxylic acid groups (broad SMARTS) is 1. The first-order chi connectivity index (χ1) is 10.2. The second-order valence-electron chi connectivity index (χ2n) is 4.84. The number of fused-ring (bicyclic) bond motifs is 3. The Kier molecular flexibility index (Phi) is 3.29. The van der Waals surface area contributed by atoms with Gasteiger partial charge in [-0.25, -0.2) is 4.79 Å². The Morgan fingerprint density at radius 3 is 2.57 bits per heavy atom. The Morgan fingerprint density at radius 1 is 1.14 bits per heavy atom. The van der Waals surface area contributed by atoms with Gasteiger partial charge in [-0.1, -0.05) is 18.2 Å². The highest BCUT2D eigenvalue weighted by molar-refractivity contribution is 6.14. The molecule has 108 valence electrons. The lowest BCUT2D eigenvalue weighted by Gasteiger charge is -2.10. The summed E-state index contributed by atoms with van der Waals surface area (Å²) in [5, 5.41) is 11.3. The average molecular weight is 283 g/mol. The molecule has 0 spiro atoms. The second kappa shape index (κ2) is 5.13. The Balaban J connectivity index is 2.52. The maximum Gasteiger partial charge on any atom is 0.339 e. The van der Waals surface area contributed by atoms with Gasteiger partial charge in [-0.05, 0) is 32.0 Å². The van der Waals surface area contributed by atoms with Crippen molar-refractivity contribution in [1.82, 2.24) is 4.57 Å². The first kappa shape index (κ1) is 13.5. The number of ether oxygens (including phenoxy) is 1. The molecule has 21 heavy (non-hydrogen) atoms. The van der Waals surface area contributed by atoms with E-state index >= 15 is 0 Å². The zero-order chi connectivity index (χ0) is 15.0. The molecule has 0 aliphatic heterocycles. The normalized spacial score (nSPS) is 11.1. The van der Waals surface area contributed by atoms with E-state index in [0.29, 0.717) is 12.4 Å². The zero-order valence-electron chi connectivity index (χ0n) is 12.1. The molecule has 0 saturated carbocycles. The van der Waals surface area contributed by atoms with E-state index < -0.39 is 5.97 Å². The molecule has 0 aliphatic rings. The summed E-state index contributed by atoms with van der Waals surface area (Å²) in [5.74, 6) is -0.500. The minimum Gasteiger partial charge on any atom is -0.492 e. The van der Waals surface area contributed by atoms with Gasteiger partial charge >= 0.3 is 5.97 Å². The minimum absolute atomic E-state index is 0.211. The Labute approximate surface area is 122 Å². The lowest BCUT2D eigenvalue weighted by Crippen LogP contribution is -2.03. The predicted octanol–water partition coefficient (Wildman–Crippen LogP) is 3.91. The van der Waals surface area contributed by atoms with E-state index in [1.807, 2.05) is 31.2 Å². The van der Waals surface area contributed by atoms with Gasteiger partial charge in [-0.15, -0.1) is 0 Å². The van der Waals surface area contributed by atoms with Crippen LogP contribution in [0, 0.1) is 0 Å². The smallest absolute Gasteiger partial charge is 0.339 e. The van der Waals surface area contributed by atoms with Crippen LogP contribution in [-0.4, -0.2) is 22.2 Å². The maximum absolute atomic E-state index is 11.5. The topological polar surface area (TPSA) is 51.5 Å². The van der Waals surface area contributed by atoms with Gasteiger partial charge in [0.25, 0.3) is 0 Å². The monoisotopic (exact) mass is 283 g/mol. The number of carbonyl (C=O) groups is 1. The fourth-order valence-corrected chi connectivity index (χ4v) is 2.91. The third kappa shape index (κ3) is 1.95. The van der Waals surface area contributed by atoms with Crippen LogP contribution in [0.3, 0.4) is 0 Å². The lowest BCUT2D eigenvalue weighted by atomic mass is 10.1. The van der Waals surface area contributed by atoms with Gasteiger partial charge < -0.3 is 14.4 Å². The fourth-order valence-electron chi connectivity index (χ4n) is 2.91. The molecular weight excluding hydrogens is 266 g/mol. The van der Waals surface area contributed by atoms with E-state index in [9.17, 15) is 9.90 Å². The van der Waals surface area contributed by atoms with Gasteiger partial charge in [-0.2, -0.15) is 0 Å². The van der Waals surface area contributed by atoms with Gasteiger partial charge in [0.1, 0.15) is 11.3 Å². The van der Waals surface area contributed by atoms with Crippen molar-refractivity contribution in [3.8, 4) is 5.75 Å². The molecule has 4 nitrogen and oxygen atoms in total. The third-order valence-electron chi connectivity index (χ3n) is 3.73. The summed E-state index contributed by atoms with van der Waals surface area (Å²) in [4.78, 5) is 11.5. The van der Waals surface area contributed by atoms with E-state index in [2.05, 4.69) is 17.6 Å². The molecule has 0 bridgehead atoms. The van der Waals surface area contributed by atoms with Crippen LogP contribution < -0.4 is 4.74 Å². The summed E-state index contributed by atoms with van der Waals surface area (Å²) in [6.45, 7) is 5.20. The van der Waals surface area contributed by atoms with Crippen LogP contribution in [0.4, 0.5) is 0 Å². The highest BCUT2D eigenvalue weighted by atomic mass is 16.5. The van der Waals surface area contributed by atoms with Crippen molar-refractivity contribution in [1.29, 1.82) is 0 Å². The molecule has 0 radical (unpaired) electrons. The first-order valence-corrected chi connectivity index (χ1v) is 7.09. The quantitative estimate of drug-likeness (QED) is 0.789. The number of carboxylic acids is 1. The van der Waals surface area contributed by atoms with Crippen molar-refractivity contribution < 1.29 is 14.6 Å². The molecule has 0 aliphatic carbocycles. The molecule has 1 N–H and O–H groups in total. The maximum atomic E-state index is 11.5. The Hall–Kier alpha value is -2.49. The highest BCUT2D eigenvalue weighted by Crippen LogP contribution is 2.38. The fraction of sp³-hybridized carbons (Fsp3) is 0.235. The van der Waals surface area contributed by atoms with Crippen molar-refractivity contribution in [2.75, 3.05) is 6.61 Å². The van der Waals surface area contributed by atoms with Gasteiger partial charge in [0.2, 0.25) is 0 Å². The largest absolute Gasteiger partial charge is 0.492 e. The number of hydrogen-bond donors (Lipinski definition) is 1. The molecule has 0 saturated heterocycles. The number of aromatic nitrogens is 1. The molecule has 4 heteroatoms. The van der Waals surface area contributed by atoms with E-state index in [4.69, 9.17) is 4.74 Å². The van der Waals surface area contributed by atoms with Crippen molar-refractivity contribution >= 4 is 27.8 Å². The van der Waals surface area contributed by atoms with Crippen LogP contribution in [-0.2, 0) is 6.54 Å². The number of para-hydroxylation sites is 1. The van der Waals surface area contributed by atoms with Crippen molar-refractivity contribution in [2.24, 2.45) is 0 Å². The second-order valence-corrected chi connectivity index (χ2v) is 4.84. The number of hydrogen-bond acceptors (Lipinski definition) is 2. The summed E-state index contributed by atoms with van der Waals surface area (Å²) in [6, 6.07) is 11.5. The summed E-state index contributed by atoms with van der Waals surface area (Å²) < 4.78 is 7.86. The molecule has 0 fully saturated rings. The van der Waals surface area contributed by atoms with E-state index in [1.54, 1.807) is 6.07 Å². The lowest BCUT2D eigenvalue weighted by molar-refractivity contribution is 0.0693. The van der Waals surface area contributed by atoms with E-state index in [-0.39, 0.29) is 5.56 Å². The molecule has 1 heterocycles. The molecule has 3 aromatic rings. The van der Waals surface area contributed by atoms with Gasteiger partial charge in [0.05, 0.1) is 17.5 Å². The SMILES string of the molecule is CCOc1c(C(=O)O)ccc2c1c1ccccc1n2CC. The molecule has 0 atom stereocenters. The van der Waals surface area contributed by atoms with Crippen LogP contribution in [0.1, 0.15) is 24.2 Å². The molecule has 1 aromatic heterocycles. The molecule has 0 amide bonds. The number of aryl methyl sites for hydroxylation is 1. The molecular formula is C17H17NO3. The zero-order valence-corrected chi connectivity index (χ0v) is 12.1. The molecule has 0 unspecified atom stereocenters. The molecule has 3 rings (SSSR count). The Bertz CT molecular complexity index is 833. The highest BCUT2D eigenvalue weighted by Gasteiger charge is 2.20. The third-order valence-corrected chi connectivity index (χ3v) is 3.73. The van der Waals surface area contributed by atoms with Crippen LogP contribution in [0.2, 0.25) is 0 Å². The van der Waals surface area contributed by atoms with E-state index in [0.717, 1.165) is 28.4 Å². The summed E-state index contributed by atoms with van der Waals surface area (Å²) >= 11 is 0. The van der Waals surface area contributed by atoms with Crippen LogP contribution >= 0.6 is 0 Å². The first-order valence-electron chi connectivity index (χ1n) is 7.09. The van der Waals surface area contributed by atoms with Crippen molar-refractivity contribution in [2.45, 2.75) is 20.4 Å². The number of benzene rings is 2. The van der Waals surface area contributed by atoms with Gasteiger partial charge in [0, 0.05) is 17.4 Å². The van der Waals surface area contributed by atoms with Crippen LogP contribution in [0.5, 0.6) is 5.75 Å². The Morgan fingerprint density at radius 2 is 1.90 bits per heavy atom.